The molecular formula is C22H20N4O. The van der Waals surface area contributed by atoms with E-state index >= 15 is 0 Å². The summed E-state index contributed by atoms with van der Waals surface area (Å²) >= 11 is 0. The summed E-state index contributed by atoms with van der Waals surface area (Å²) in [6.07, 6.45) is 1.73. The van der Waals surface area contributed by atoms with Crippen LogP contribution < -0.4 is 5.32 Å². The molecule has 0 aliphatic rings. The number of hydrogen-bond acceptors (Lipinski definition) is 3. The maximum atomic E-state index is 12.6. The van der Waals surface area contributed by atoms with Crippen molar-refractivity contribution in [2.45, 2.75) is 13.5 Å². The summed E-state index contributed by atoms with van der Waals surface area (Å²) in [5, 5.41) is 8.15. The number of carbonyl (C=O) groups is 1. The number of rotatable bonds is 5. The zero-order valence-electron chi connectivity index (χ0n) is 15.1. The van der Waals surface area contributed by atoms with Crippen molar-refractivity contribution in [1.29, 1.82) is 0 Å². The molecule has 5 nitrogen and oxygen atoms in total. The molecule has 4 aromatic rings. The summed E-state index contributed by atoms with van der Waals surface area (Å²) in [7, 11) is 0. The second-order valence-corrected chi connectivity index (χ2v) is 6.31. The van der Waals surface area contributed by atoms with Crippen LogP contribution in [0.2, 0.25) is 0 Å². The molecule has 4 rings (SSSR count). The van der Waals surface area contributed by atoms with Crippen molar-refractivity contribution in [3.05, 3.63) is 84.1 Å². The molecular weight excluding hydrogens is 336 g/mol. The van der Waals surface area contributed by atoms with Gasteiger partial charge in [0.1, 0.15) is 0 Å². The first-order chi connectivity index (χ1) is 13.3. The average Bonchev–Trinajstić information content (AvgIpc) is 3.11. The maximum Gasteiger partial charge on any atom is 0.252 e. The van der Waals surface area contributed by atoms with Crippen LogP contribution in [0.3, 0.4) is 0 Å². The van der Waals surface area contributed by atoms with Gasteiger partial charge in [-0.2, -0.15) is 5.10 Å². The first-order valence-corrected chi connectivity index (χ1v) is 9.00. The summed E-state index contributed by atoms with van der Waals surface area (Å²) < 4.78 is 1.85. The third kappa shape index (κ3) is 3.44. The molecule has 1 N–H and O–H groups in total. The van der Waals surface area contributed by atoms with Crippen LogP contribution >= 0.6 is 0 Å². The van der Waals surface area contributed by atoms with Crippen LogP contribution in [0.1, 0.15) is 22.8 Å². The molecule has 0 aliphatic carbocycles. The van der Waals surface area contributed by atoms with Gasteiger partial charge < -0.3 is 5.32 Å². The number of nitrogens with zero attached hydrogens (tertiary/aromatic N) is 3. The zero-order chi connectivity index (χ0) is 18.6. The van der Waals surface area contributed by atoms with E-state index in [0.29, 0.717) is 24.3 Å². The van der Waals surface area contributed by atoms with Gasteiger partial charge in [-0.1, -0.05) is 60.7 Å². The van der Waals surface area contributed by atoms with Crippen LogP contribution in [0.15, 0.2) is 72.9 Å². The zero-order valence-corrected chi connectivity index (χ0v) is 15.1. The Balaban J connectivity index is 1.87. The Morgan fingerprint density at radius 2 is 1.74 bits per heavy atom. The Morgan fingerprint density at radius 1 is 1.04 bits per heavy atom. The second kappa shape index (κ2) is 7.41. The molecule has 2 aromatic heterocycles. The highest BCUT2D eigenvalue weighted by Gasteiger charge is 2.17. The van der Waals surface area contributed by atoms with Gasteiger partial charge in [-0.3, -0.25) is 4.79 Å². The molecule has 0 saturated heterocycles. The number of nitrogens with one attached hydrogen (secondary N) is 1. The van der Waals surface area contributed by atoms with Gasteiger partial charge in [0.2, 0.25) is 0 Å². The smallest absolute Gasteiger partial charge is 0.252 e. The number of carbonyl (C=O) groups excluding carboxylic acids is 1. The SMILES string of the molecule is CCNC(=O)c1cc(-c2ccccc2)nc2c1cnn2Cc1ccccc1. The highest BCUT2D eigenvalue weighted by Crippen LogP contribution is 2.25. The molecule has 0 bridgehead atoms. The number of hydrogen-bond donors (Lipinski definition) is 1. The van der Waals surface area contributed by atoms with Crippen molar-refractivity contribution in [2.75, 3.05) is 6.54 Å². The molecule has 0 atom stereocenters. The van der Waals surface area contributed by atoms with Gasteiger partial charge in [0.15, 0.2) is 5.65 Å². The number of amides is 1. The van der Waals surface area contributed by atoms with Crippen molar-refractivity contribution in [1.82, 2.24) is 20.1 Å². The normalized spacial score (nSPS) is 10.9. The Bertz CT molecular complexity index is 1070. The summed E-state index contributed by atoms with van der Waals surface area (Å²) in [6.45, 7) is 3.08. The van der Waals surface area contributed by atoms with Gasteiger partial charge in [-0.05, 0) is 18.6 Å². The lowest BCUT2D eigenvalue weighted by Crippen LogP contribution is -2.23. The molecule has 27 heavy (non-hydrogen) atoms. The van der Waals surface area contributed by atoms with Crippen LogP contribution in [0.5, 0.6) is 0 Å². The van der Waals surface area contributed by atoms with E-state index in [1.165, 1.54) is 0 Å². The first-order valence-electron chi connectivity index (χ1n) is 9.00. The monoisotopic (exact) mass is 356 g/mol. The average molecular weight is 356 g/mol. The van der Waals surface area contributed by atoms with Gasteiger partial charge >= 0.3 is 0 Å². The summed E-state index contributed by atoms with van der Waals surface area (Å²) in [6, 6.07) is 21.8. The van der Waals surface area contributed by atoms with Gasteiger partial charge in [0.05, 0.1) is 29.4 Å². The molecule has 134 valence electrons. The van der Waals surface area contributed by atoms with E-state index in [2.05, 4.69) is 22.5 Å². The third-order valence-corrected chi connectivity index (χ3v) is 4.44. The minimum Gasteiger partial charge on any atom is -0.352 e. The Hall–Kier alpha value is -3.47. The van der Waals surface area contributed by atoms with Crippen molar-refractivity contribution < 1.29 is 4.79 Å². The number of aromatic nitrogens is 3. The quantitative estimate of drug-likeness (QED) is 0.590. The van der Waals surface area contributed by atoms with Gasteiger partial charge in [-0.25, -0.2) is 9.67 Å². The van der Waals surface area contributed by atoms with Gasteiger partial charge in [0.25, 0.3) is 5.91 Å². The van der Waals surface area contributed by atoms with Crippen LogP contribution in [-0.2, 0) is 6.54 Å². The van der Waals surface area contributed by atoms with E-state index < -0.39 is 0 Å². The molecule has 0 spiro atoms. The van der Waals surface area contributed by atoms with Gasteiger partial charge in [0, 0.05) is 12.1 Å². The molecule has 0 radical (unpaired) electrons. The fourth-order valence-electron chi connectivity index (χ4n) is 3.12. The second-order valence-electron chi connectivity index (χ2n) is 6.31. The lowest BCUT2D eigenvalue weighted by molar-refractivity contribution is 0.0957. The Kier molecular flexibility index (Phi) is 4.66. The van der Waals surface area contributed by atoms with Gasteiger partial charge in [-0.15, -0.1) is 0 Å². The number of pyridine rings is 1. The highest BCUT2D eigenvalue weighted by molar-refractivity contribution is 6.06. The Labute approximate surface area is 157 Å². The van der Waals surface area contributed by atoms with E-state index in [0.717, 1.165) is 22.2 Å². The molecule has 0 saturated carbocycles. The minimum absolute atomic E-state index is 0.110. The summed E-state index contributed by atoms with van der Waals surface area (Å²) in [4.78, 5) is 17.5. The van der Waals surface area contributed by atoms with E-state index in [1.54, 1.807) is 6.20 Å². The van der Waals surface area contributed by atoms with Crippen LogP contribution in [0.4, 0.5) is 0 Å². The largest absolute Gasteiger partial charge is 0.352 e. The summed E-state index contributed by atoms with van der Waals surface area (Å²) in [5.74, 6) is -0.110. The molecule has 2 aromatic carbocycles. The van der Waals surface area contributed by atoms with Crippen molar-refractivity contribution >= 4 is 16.9 Å². The lowest BCUT2D eigenvalue weighted by Gasteiger charge is -2.09. The first kappa shape index (κ1) is 17.0. The van der Waals surface area contributed by atoms with Crippen LogP contribution in [-0.4, -0.2) is 27.2 Å². The maximum absolute atomic E-state index is 12.6. The van der Waals surface area contributed by atoms with Crippen molar-refractivity contribution in [3.63, 3.8) is 0 Å². The molecule has 0 fully saturated rings. The van der Waals surface area contributed by atoms with Crippen LogP contribution in [0, 0.1) is 0 Å². The molecule has 5 heteroatoms. The van der Waals surface area contributed by atoms with Crippen molar-refractivity contribution in [3.8, 4) is 11.3 Å². The molecule has 2 heterocycles. The van der Waals surface area contributed by atoms with E-state index in [9.17, 15) is 4.79 Å². The fraction of sp³-hybridized carbons (Fsp3) is 0.136. The predicted octanol–water partition coefficient (Wildman–Crippen LogP) is 3.90. The molecule has 0 unspecified atom stereocenters. The summed E-state index contributed by atoms with van der Waals surface area (Å²) in [5.41, 5.74) is 4.17. The van der Waals surface area contributed by atoms with E-state index in [1.807, 2.05) is 66.2 Å². The van der Waals surface area contributed by atoms with E-state index in [-0.39, 0.29) is 5.91 Å². The topological polar surface area (TPSA) is 59.8 Å². The lowest BCUT2D eigenvalue weighted by atomic mass is 10.1. The Morgan fingerprint density at radius 3 is 2.44 bits per heavy atom. The molecule has 1 amide bonds. The van der Waals surface area contributed by atoms with E-state index in [4.69, 9.17) is 4.98 Å². The highest BCUT2D eigenvalue weighted by atomic mass is 16.1. The van der Waals surface area contributed by atoms with Crippen molar-refractivity contribution in [2.24, 2.45) is 0 Å². The number of fused-ring (bicyclic) bond motifs is 1. The van der Waals surface area contributed by atoms with Crippen LogP contribution in [0.25, 0.3) is 22.3 Å². The third-order valence-electron chi connectivity index (χ3n) is 4.44. The fourth-order valence-corrected chi connectivity index (χ4v) is 3.12. The standard InChI is InChI=1S/C22H20N4O/c1-2-23-22(27)18-13-20(17-11-7-4-8-12-17)25-21-19(18)14-24-26(21)15-16-9-5-3-6-10-16/h3-14H,2,15H2,1H3,(H,23,27). The molecule has 0 aliphatic heterocycles. The minimum atomic E-state index is -0.110. The number of benzene rings is 2. The predicted molar refractivity (Wildman–Crippen MR) is 107 cm³/mol.